The minimum Gasteiger partial charge on any atom is -0.350 e. The van der Waals surface area contributed by atoms with E-state index in [1.54, 1.807) is 0 Å². The van der Waals surface area contributed by atoms with Crippen molar-refractivity contribution >= 4 is 23.2 Å². The maximum Gasteiger partial charge on any atom is 0.273 e. The number of nitrogens with zero attached hydrogens (tertiary/aromatic N) is 3. The molecule has 0 bridgehead atoms. The molecule has 7 heteroatoms. The zero-order valence-electron chi connectivity index (χ0n) is 15.2. The summed E-state index contributed by atoms with van der Waals surface area (Å²) in [6, 6.07) is 0. The topological polar surface area (TPSA) is 65.5 Å². The van der Waals surface area contributed by atoms with Gasteiger partial charge >= 0.3 is 0 Å². The van der Waals surface area contributed by atoms with Crippen molar-refractivity contribution in [3.63, 3.8) is 0 Å². The molecule has 1 saturated carbocycles. The molecule has 1 aliphatic carbocycles. The summed E-state index contributed by atoms with van der Waals surface area (Å²) in [4.78, 5) is 34.0. The third-order valence-corrected chi connectivity index (χ3v) is 7.58. The van der Waals surface area contributed by atoms with Crippen LogP contribution in [0.4, 0.5) is 0 Å². The number of hydrogen-bond acceptors (Lipinski definition) is 5. The van der Waals surface area contributed by atoms with Crippen molar-refractivity contribution in [1.82, 2.24) is 20.1 Å². The molecule has 3 saturated heterocycles. The van der Waals surface area contributed by atoms with Crippen LogP contribution in [-0.4, -0.2) is 64.9 Å². The van der Waals surface area contributed by atoms with Gasteiger partial charge in [-0.1, -0.05) is 0 Å². The second-order valence-electron chi connectivity index (χ2n) is 8.56. The Balaban J connectivity index is 1.26. The number of fused-ring (bicyclic) bond motifs is 2. The van der Waals surface area contributed by atoms with E-state index in [9.17, 15) is 9.59 Å². The summed E-state index contributed by atoms with van der Waals surface area (Å²) in [5, 5.41) is 6.12. The van der Waals surface area contributed by atoms with Crippen molar-refractivity contribution in [3.05, 3.63) is 16.1 Å². The first-order valence-corrected chi connectivity index (χ1v) is 10.7. The van der Waals surface area contributed by atoms with Crippen LogP contribution in [0.2, 0.25) is 0 Å². The zero-order valence-corrected chi connectivity index (χ0v) is 16.1. The lowest BCUT2D eigenvalue weighted by molar-refractivity contribution is -0.123. The van der Waals surface area contributed by atoms with Crippen LogP contribution in [0.15, 0.2) is 5.38 Å². The number of thiazole rings is 1. The molecule has 2 atom stereocenters. The summed E-state index contributed by atoms with van der Waals surface area (Å²) >= 11 is 1.52. The molecule has 3 aliphatic heterocycles. The molecule has 1 aromatic rings. The number of rotatable bonds is 3. The van der Waals surface area contributed by atoms with E-state index in [1.807, 2.05) is 17.2 Å². The molecule has 140 valence electrons. The number of piperidine rings is 1. The highest BCUT2D eigenvalue weighted by atomic mass is 32.1. The van der Waals surface area contributed by atoms with Crippen molar-refractivity contribution in [1.29, 1.82) is 0 Å². The van der Waals surface area contributed by atoms with Gasteiger partial charge in [0.15, 0.2) is 0 Å². The summed E-state index contributed by atoms with van der Waals surface area (Å²) < 4.78 is 0. The molecular weight excluding hydrogens is 348 g/mol. The van der Waals surface area contributed by atoms with Gasteiger partial charge in [-0.25, -0.2) is 4.98 Å². The number of nitrogens with one attached hydrogen (secondary N) is 1. The van der Waals surface area contributed by atoms with Crippen LogP contribution in [0.3, 0.4) is 0 Å². The van der Waals surface area contributed by atoms with Crippen LogP contribution in [0.1, 0.15) is 41.2 Å². The fraction of sp³-hybridized carbons (Fsp3) is 0.737. The SMILES string of the molecule is Cc1nc(C(=O)N2CCC3(CC2)NC(=O)[C@@H]2CN(CC4CC4)C[C@@H]23)cs1. The van der Waals surface area contributed by atoms with Crippen molar-refractivity contribution in [2.75, 3.05) is 32.7 Å². The predicted molar refractivity (Wildman–Crippen MR) is 99.0 cm³/mol. The van der Waals surface area contributed by atoms with Crippen molar-refractivity contribution in [2.45, 2.75) is 38.1 Å². The number of aryl methyl sites for hydroxylation is 1. The van der Waals surface area contributed by atoms with Gasteiger partial charge in [0.05, 0.1) is 10.9 Å². The standard InChI is InChI=1S/C19H26N4O2S/c1-12-20-16(11-26-12)18(25)23-6-4-19(5-7-23)15-10-22(8-13-2-3-13)9-14(15)17(24)21-19/h11,13-15H,2-10H2,1H3,(H,21,24)/t14-,15+/m1/s1. The molecule has 2 amide bonds. The lowest BCUT2D eigenvalue weighted by Gasteiger charge is -2.42. The number of carbonyl (C=O) groups excluding carboxylic acids is 2. The first-order valence-electron chi connectivity index (χ1n) is 9.80. The Morgan fingerprint density at radius 1 is 1.35 bits per heavy atom. The van der Waals surface area contributed by atoms with E-state index >= 15 is 0 Å². The van der Waals surface area contributed by atoms with E-state index in [2.05, 4.69) is 15.2 Å². The summed E-state index contributed by atoms with van der Waals surface area (Å²) in [6.45, 7) is 6.48. The molecule has 0 unspecified atom stereocenters. The first kappa shape index (κ1) is 16.7. The smallest absolute Gasteiger partial charge is 0.273 e. The Hall–Kier alpha value is -1.47. The molecule has 1 spiro atoms. The molecule has 0 radical (unpaired) electrons. The van der Waals surface area contributed by atoms with Crippen molar-refractivity contribution in [3.8, 4) is 0 Å². The number of amides is 2. The Labute approximate surface area is 157 Å². The maximum absolute atomic E-state index is 12.7. The highest BCUT2D eigenvalue weighted by Crippen LogP contribution is 2.45. The molecule has 4 fully saturated rings. The van der Waals surface area contributed by atoms with Gasteiger partial charge < -0.3 is 15.1 Å². The minimum atomic E-state index is -0.102. The van der Waals surface area contributed by atoms with Gasteiger partial charge in [-0.15, -0.1) is 11.3 Å². The van der Waals surface area contributed by atoms with Gasteiger partial charge in [-0.3, -0.25) is 9.59 Å². The lowest BCUT2D eigenvalue weighted by Crippen LogP contribution is -2.56. The molecule has 1 aromatic heterocycles. The number of aromatic nitrogens is 1. The Morgan fingerprint density at radius 3 is 2.77 bits per heavy atom. The summed E-state index contributed by atoms with van der Waals surface area (Å²) in [5.41, 5.74) is 0.461. The first-order chi connectivity index (χ1) is 12.5. The molecule has 26 heavy (non-hydrogen) atoms. The zero-order chi connectivity index (χ0) is 17.9. The molecule has 4 heterocycles. The van der Waals surface area contributed by atoms with Gasteiger partial charge in [0.25, 0.3) is 5.91 Å². The fourth-order valence-corrected chi connectivity index (χ4v) is 5.77. The second-order valence-corrected chi connectivity index (χ2v) is 9.63. The highest BCUT2D eigenvalue weighted by molar-refractivity contribution is 7.09. The second kappa shape index (κ2) is 6.02. The molecule has 4 aliphatic rings. The summed E-state index contributed by atoms with van der Waals surface area (Å²) in [7, 11) is 0. The molecule has 5 rings (SSSR count). The van der Waals surface area contributed by atoms with Crippen LogP contribution < -0.4 is 5.32 Å². The Morgan fingerprint density at radius 2 is 2.12 bits per heavy atom. The Kier molecular flexibility index (Phi) is 3.87. The monoisotopic (exact) mass is 374 g/mol. The van der Waals surface area contributed by atoms with Gasteiger partial charge in [0.2, 0.25) is 5.91 Å². The van der Waals surface area contributed by atoms with E-state index in [0.717, 1.165) is 36.9 Å². The number of likely N-dealkylation sites (tertiary alicyclic amines) is 2. The fourth-order valence-electron chi connectivity index (χ4n) is 5.18. The average molecular weight is 375 g/mol. The van der Waals surface area contributed by atoms with Crippen LogP contribution >= 0.6 is 11.3 Å². The van der Waals surface area contributed by atoms with Gasteiger partial charge in [0.1, 0.15) is 5.69 Å². The van der Waals surface area contributed by atoms with E-state index in [1.165, 1.54) is 30.7 Å². The van der Waals surface area contributed by atoms with E-state index in [4.69, 9.17) is 0 Å². The highest BCUT2D eigenvalue weighted by Gasteiger charge is 2.57. The van der Waals surface area contributed by atoms with Crippen LogP contribution in [0.5, 0.6) is 0 Å². The molecule has 6 nitrogen and oxygen atoms in total. The van der Waals surface area contributed by atoms with E-state index < -0.39 is 0 Å². The van der Waals surface area contributed by atoms with Crippen LogP contribution in [0, 0.1) is 24.7 Å². The van der Waals surface area contributed by atoms with Gasteiger partial charge in [0, 0.05) is 49.6 Å². The van der Waals surface area contributed by atoms with Crippen molar-refractivity contribution < 1.29 is 9.59 Å². The molecule has 1 N–H and O–H groups in total. The normalized spacial score (nSPS) is 30.7. The Bertz CT molecular complexity index is 736. The molecule has 0 aromatic carbocycles. The third kappa shape index (κ3) is 2.76. The lowest BCUT2D eigenvalue weighted by atomic mass is 9.75. The number of hydrogen-bond donors (Lipinski definition) is 1. The summed E-state index contributed by atoms with van der Waals surface area (Å²) in [5.74, 6) is 1.70. The van der Waals surface area contributed by atoms with Crippen molar-refractivity contribution in [2.24, 2.45) is 17.8 Å². The average Bonchev–Trinajstić information content (AvgIpc) is 3.06. The predicted octanol–water partition coefficient (Wildman–Crippen LogP) is 1.51. The third-order valence-electron chi connectivity index (χ3n) is 6.81. The van der Waals surface area contributed by atoms with Gasteiger partial charge in [-0.05, 0) is 38.5 Å². The van der Waals surface area contributed by atoms with Crippen LogP contribution in [0.25, 0.3) is 0 Å². The number of carbonyl (C=O) groups is 2. The summed E-state index contributed by atoms with van der Waals surface area (Å²) in [6.07, 6.45) is 4.45. The molecular formula is C19H26N4O2S. The van der Waals surface area contributed by atoms with Gasteiger partial charge in [-0.2, -0.15) is 0 Å². The minimum absolute atomic E-state index is 0.0341. The largest absolute Gasteiger partial charge is 0.350 e. The van der Waals surface area contributed by atoms with E-state index in [-0.39, 0.29) is 23.3 Å². The van der Waals surface area contributed by atoms with E-state index in [0.29, 0.717) is 24.7 Å². The quantitative estimate of drug-likeness (QED) is 0.871. The maximum atomic E-state index is 12.7. The van der Waals surface area contributed by atoms with Crippen LogP contribution in [-0.2, 0) is 4.79 Å².